The van der Waals surface area contributed by atoms with Gasteiger partial charge in [0.05, 0.1) is 23.1 Å². The number of carbonyl (C=O) groups excluding carboxylic acids is 2. The minimum absolute atomic E-state index is 0.000101. The number of aromatic nitrogens is 2. The molecule has 2 aromatic heterocycles. The first-order valence-electron chi connectivity index (χ1n) is 10.3. The molecule has 0 spiro atoms. The van der Waals surface area contributed by atoms with Crippen LogP contribution in [0.25, 0.3) is 11.0 Å². The van der Waals surface area contributed by atoms with Gasteiger partial charge in [0.25, 0.3) is 0 Å². The van der Waals surface area contributed by atoms with Crippen LogP contribution in [0.4, 0.5) is 13.2 Å². The van der Waals surface area contributed by atoms with Crippen molar-refractivity contribution in [2.75, 3.05) is 0 Å². The summed E-state index contributed by atoms with van der Waals surface area (Å²) in [5, 5.41) is 7.85. The van der Waals surface area contributed by atoms with Crippen molar-refractivity contribution in [2.45, 2.75) is 50.4 Å². The third-order valence-electron chi connectivity index (χ3n) is 5.90. The number of carbonyl (C=O) groups is 2. The van der Waals surface area contributed by atoms with Crippen molar-refractivity contribution in [3.8, 4) is 0 Å². The summed E-state index contributed by atoms with van der Waals surface area (Å²) in [5.41, 5.74) is -0.389. The molecule has 1 aromatic carbocycles. The van der Waals surface area contributed by atoms with Crippen LogP contribution < -0.4 is 10.6 Å². The van der Waals surface area contributed by atoms with E-state index >= 15 is 0 Å². The van der Waals surface area contributed by atoms with Crippen LogP contribution in [0.5, 0.6) is 0 Å². The van der Waals surface area contributed by atoms with Crippen molar-refractivity contribution in [1.29, 1.82) is 0 Å². The lowest BCUT2D eigenvalue weighted by atomic mass is 9.87. The molecule has 1 atom stereocenters. The third kappa shape index (κ3) is 4.79. The summed E-state index contributed by atoms with van der Waals surface area (Å²) in [6.07, 6.45) is -1.87. The molecule has 1 saturated heterocycles. The number of halogens is 3. The van der Waals surface area contributed by atoms with Crippen molar-refractivity contribution < 1.29 is 22.8 Å². The van der Waals surface area contributed by atoms with E-state index in [1.807, 2.05) is 17.5 Å². The van der Waals surface area contributed by atoms with Crippen LogP contribution >= 0.6 is 11.3 Å². The number of amides is 2. The number of nitrogens with one attached hydrogen (secondary N) is 2. The van der Waals surface area contributed by atoms with Crippen molar-refractivity contribution in [1.82, 2.24) is 20.2 Å². The highest BCUT2D eigenvalue weighted by atomic mass is 32.1. The number of rotatable bonds is 7. The van der Waals surface area contributed by atoms with Gasteiger partial charge in [0.2, 0.25) is 11.8 Å². The average Bonchev–Trinajstić information content (AvgIpc) is 3.45. The van der Waals surface area contributed by atoms with Crippen molar-refractivity contribution in [2.24, 2.45) is 7.05 Å². The molecule has 2 amide bonds. The second-order valence-electron chi connectivity index (χ2n) is 8.15. The highest BCUT2D eigenvalue weighted by Crippen LogP contribution is 2.32. The van der Waals surface area contributed by atoms with Crippen molar-refractivity contribution in [3.63, 3.8) is 0 Å². The van der Waals surface area contributed by atoms with Gasteiger partial charge in [0.1, 0.15) is 5.82 Å². The highest BCUT2D eigenvalue weighted by molar-refractivity contribution is 7.09. The number of alkyl halides is 3. The summed E-state index contributed by atoms with van der Waals surface area (Å²) in [5.74, 6) is 0.273. The maximum Gasteiger partial charge on any atom is 0.416 e. The molecule has 2 N–H and O–H groups in total. The molecular formula is C22H23F3N4O2S. The average molecular weight is 465 g/mol. The monoisotopic (exact) mass is 464 g/mol. The van der Waals surface area contributed by atoms with Crippen LogP contribution in [0, 0.1) is 0 Å². The van der Waals surface area contributed by atoms with Crippen LogP contribution in [-0.2, 0) is 35.8 Å². The van der Waals surface area contributed by atoms with Crippen molar-refractivity contribution in [3.05, 3.63) is 52.0 Å². The molecule has 3 aromatic rings. The van der Waals surface area contributed by atoms with Gasteiger partial charge in [-0.3, -0.25) is 9.59 Å². The van der Waals surface area contributed by atoms with Crippen LogP contribution in [-0.4, -0.2) is 26.9 Å². The fraction of sp³-hybridized carbons (Fsp3) is 0.409. The molecule has 0 aliphatic carbocycles. The number of hydrogen-bond donors (Lipinski definition) is 2. The molecule has 6 nitrogen and oxygen atoms in total. The molecule has 1 unspecified atom stereocenters. The van der Waals surface area contributed by atoms with Gasteiger partial charge in [-0.15, -0.1) is 11.3 Å². The maximum absolute atomic E-state index is 12.9. The molecule has 0 bridgehead atoms. The van der Waals surface area contributed by atoms with Gasteiger partial charge in [0.15, 0.2) is 0 Å². The lowest BCUT2D eigenvalue weighted by Crippen LogP contribution is -2.44. The van der Waals surface area contributed by atoms with Crippen LogP contribution in [0.15, 0.2) is 35.7 Å². The summed E-state index contributed by atoms with van der Waals surface area (Å²) in [6.45, 7) is 0.107. The Kier molecular flexibility index (Phi) is 5.98. The highest BCUT2D eigenvalue weighted by Gasteiger charge is 2.38. The SMILES string of the molecule is Cn1c(CNC(=O)CCC2(Cc3cccs3)CCC(=O)N2)nc2cc(C(F)(F)F)ccc21. The van der Waals surface area contributed by atoms with Crippen LogP contribution in [0.1, 0.15) is 41.9 Å². The molecule has 0 radical (unpaired) electrons. The van der Waals surface area contributed by atoms with Gasteiger partial charge in [-0.25, -0.2) is 4.98 Å². The van der Waals surface area contributed by atoms with Crippen molar-refractivity contribution >= 4 is 34.2 Å². The summed E-state index contributed by atoms with van der Waals surface area (Å²) >= 11 is 1.62. The van der Waals surface area contributed by atoms with E-state index in [0.29, 0.717) is 37.0 Å². The van der Waals surface area contributed by atoms with Gasteiger partial charge < -0.3 is 15.2 Å². The number of fused-ring (bicyclic) bond motifs is 1. The maximum atomic E-state index is 12.9. The third-order valence-corrected chi connectivity index (χ3v) is 6.78. The lowest BCUT2D eigenvalue weighted by molar-refractivity contribution is -0.137. The van der Waals surface area contributed by atoms with Gasteiger partial charge in [-0.05, 0) is 42.5 Å². The molecule has 170 valence electrons. The first-order chi connectivity index (χ1) is 15.2. The standard InChI is InChI=1S/C22H23F3N4O2S/c1-29-17-5-4-14(22(23,24)25)11-16(17)27-18(29)13-26-19(30)6-8-21(9-7-20(31)28-21)12-15-3-2-10-32-15/h2-5,10-11H,6-9,12-13H2,1H3,(H,26,30)(H,28,31). The smallest absolute Gasteiger partial charge is 0.350 e. The molecule has 3 heterocycles. The minimum atomic E-state index is -4.44. The van der Waals surface area contributed by atoms with Gasteiger partial charge >= 0.3 is 6.18 Å². The van der Waals surface area contributed by atoms with E-state index in [-0.39, 0.29) is 30.3 Å². The fourth-order valence-corrected chi connectivity index (χ4v) is 4.98. The lowest BCUT2D eigenvalue weighted by Gasteiger charge is -2.28. The Morgan fingerprint density at radius 3 is 2.81 bits per heavy atom. The van der Waals surface area contributed by atoms with E-state index in [9.17, 15) is 22.8 Å². The van der Waals surface area contributed by atoms with Crippen LogP contribution in [0.2, 0.25) is 0 Å². The Labute approximate surface area is 186 Å². The number of thiophene rings is 1. The zero-order valence-electron chi connectivity index (χ0n) is 17.5. The quantitative estimate of drug-likeness (QED) is 0.556. The topological polar surface area (TPSA) is 76.0 Å². The molecule has 1 aliphatic rings. The van der Waals surface area contributed by atoms with Gasteiger partial charge in [-0.2, -0.15) is 13.2 Å². The Morgan fingerprint density at radius 2 is 2.16 bits per heavy atom. The molecule has 1 fully saturated rings. The molecule has 0 saturated carbocycles. The Balaban J connectivity index is 1.38. The zero-order chi connectivity index (χ0) is 22.9. The van der Waals surface area contributed by atoms with E-state index in [1.165, 1.54) is 6.07 Å². The van der Waals surface area contributed by atoms with Gasteiger partial charge in [-0.1, -0.05) is 6.07 Å². The molecule has 32 heavy (non-hydrogen) atoms. The zero-order valence-corrected chi connectivity index (χ0v) is 18.3. The van der Waals surface area contributed by atoms with E-state index < -0.39 is 17.3 Å². The van der Waals surface area contributed by atoms with E-state index in [1.54, 1.807) is 23.0 Å². The number of benzene rings is 1. The number of hydrogen-bond acceptors (Lipinski definition) is 4. The number of aryl methyl sites for hydroxylation is 1. The fourth-order valence-electron chi connectivity index (χ4n) is 4.13. The van der Waals surface area contributed by atoms with E-state index in [0.717, 1.165) is 17.0 Å². The predicted octanol–water partition coefficient (Wildman–Crippen LogP) is 3.94. The second kappa shape index (κ2) is 8.57. The van der Waals surface area contributed by atoms with E-state index in [4.69, 9.17) is 0 Å². The molecular weight excluding hydrogens is 441 g/mol. The second-order valence-corrected chi connectivity index (χ2v) is 9.18. The Bertz CT molecular complexity index is 1140. The minimum Gasteiger partial charge on any atom is -0.350 e. The molecule has 4 rings (SSSR count). The summed E-state index contributed by atoms with van der Waals surface area (Å²) < 4.78 is 40.5. The predicted molar refractivity (Wildman–Crippen MR) is 115 cm³/mol. The summed E-state index contributed by atoms with van der Waals surface area (Å²) in [6, 6.07) is 7.40. The molecule has 1 aliphatic heterocycles. The number of nitrogens with zero attached hydrogens (tertiary/aromatic N) is 2. The largest absolute Gasteiger partial charge is 0.416 e. The normalized spacial score (nSPS) is 18.8. The first kappa shape index (κ1) is 22.3. The molecule has 10 heteroatoms. The Hall–Kier alpha value is -2.88. The summed E-state index contributed by atoms with van der Waals surface area (Å²) in [4.78, 5) is 29.8. The Morgan fingerprint density at radius 1 is 1.34 bits per heavy atom. The number of imidazole rings is 1. The van der Waals surface area contributed by atoms with E-state index in [2.05, 4.69) is 15.6 Å². The summed E-state index contributed by atoms with van der Waals surface area (Å²) in [7, 11) is 1.70. The van der Waals surface area contributed by atoms with Crippen LogP contribution in [0.3, 0.4) is 0 Å². The van der Waals surface area contributed by atoms with Gasteiger partial charge in [0, 0.05) is 36.7 Å². The first-order valence-corrected chi connectivity index (χ1v) is 11.2.